The maximum atomic E-state index is 13.5. The normalized spacial score (nSPS) is 15.1. The van der Waals surface area contributed by atoms with Gasteiger partial charge < -0.3 is 15.0 Å². The zero-order chi connectivity index (χ0) is 22.9. The Bertz CT molecular complexity index is 911. The summed E-state index contributed by atoms with van der Waals surface area (Å²) in [6.45, 7) is 2.28. The molecule has 0 heterocycles. The van der Waals surface area contributed by atoms with Crippen molar-refractivity contribution in [2.45, 2.75) is 70.5 Å². The van der Waals surface area contributed by atoms with Gasteiger partial charge >= 0.3 is 0 Å². The van der Waals surface area contributed by atoms with Crippen molar-refractivity contribution in [3.63, 3.8) is 0 Å². The Morgan fingerprint density at radius 2 is 1.88 bits per heavy atom. The molecule has 32 heavy (non-hydrogen) atoms. The van der Waals surface area contributed by atoms with E-state index in [0.29, 0.717) is 18.0 Å². The molecule has 0 unspecified atom stereocenters. The average molecular weight is 457 g/mol. The van der Waals surface area contributed by atoms with Crippen molar-refractivity contribution in [1.29, 1.82) is 0 Å². The molecule has 0 spiro atoms. The van der Waals surface area contributed by atoms with E-state index in [4.69, 9.17) is 16.3 Å². The molecular formula is C26H33ClN2O3. The highest BCUT2D eigenvalue weighted by Crippen LogP contribution is 2.22. The Hall–Kier alpha value is -2.53. The van der Waals surface area contributed by atoms with Gasteiger partial charge in [-0.1, -0.05) is 68.1 Å². The number of ether oxygens (including phenoxy) is 1. The van der Waals surface area contributed by atoms with E-state index >= 15 is 0 Å². The summed E-state index contributed by atoms with van der Waals surface area (Å²) in [7, 11) is 1.62. The highest BCUT2D eigenvalue weighted by atomic mass is 35.5. The fourth-order valence-corrected chi connectivity index (χ4v) is 4.54. The van der Waals surface area contributed by atoms with Crippen LogP contribution in [0.3, 0.4) is 0 Å². The molecule has 1 aliphatic carbocycles. The molecular weight excluding hydrogens is 424 g/mol. The van der Waals surface area contributed by atoms with Gasteiger partial charge in [0.05, 0.1) is 13.5 Å². The standard InChI is InChI=1S/C26H33ClN2O3/c1-3-24(26(31)28-21-12-5-4-6-13-21)29(18-19-10-9-14-22(16-19)32-2)25(30)17-20-11-7-8-15-23(20)27/h7-11,14-16,21,24H,3-6,12-13,17-18H2,1-2H3,(H,28,31)/t24-/m1/s1. The lowest BCUT2D eigenvalue weighted by Gasteiger charge is -2.33. The number of rotatable bonds is 9. The number of carbonyl (C=O) groups is 2. The van der Waals surface area contributed by atoms with Crippen molar-refractivity contribution in [3.8, 4) is 5.75 Å². The highest BCUT2D eigenvalue weighted by Gasteiger charge is 2.30. The summed E-state index contributed by atoms with van der Waals surface area (Å²) < 4.78 is 5.34. The van der Waals surface area contributed by atoms with E-state index in [1.54, 1.807) is 18.1 Å². The lowest BCUT2D eigenvalue weighted by Crippen LogP contribution is -2.52. The number of benzene rings is 2. The zero-order valence-electron chi connectivity index (χ0n) is 19.0. The molecule has 0 aliphatic heterocycles. The SMILES string of the molecule is CC[C@H](C(=O)NC1CCCCC1)N(Cc1cccc(OC)c1)C(=O)Cc1ccccc1Cl. The predicted molar refractivity (Wildman–Crippen MR) is 128 cm³/mol. The van der Waals surface area contributed by atoms with E-state index in [1.807, 2.05) is 49.4 Å². The first-order chi connectivity index (χ1) is 15.5. The molecule has 0 aromatic heterocycles. The minimum Gasteiger partial charge on any atom is -0.497 e. The molecule has 1 saturated carbocycles. The molecule has 1 N–H and O–H groups in total. The molecule has 1 fully saturated rings. The van der Waals surface area contributed by atoms with Crippen LogP contribution in [0, 0.1) is 0 Å². The molecule has 172 valence electrons. The molecule has 2 amide bonds. The van der Waals surface area contributed by atoms with Crippen LogP contribution in [0.25, 0.3) is 0 Å². The molecule has 6 heteroatoms. The number of hydrogen-bond donors (Lipinski definition) is 1. The zero-order valence-corrected chi connectivity index (χ0v) is 19.7. The van der Waals surface area contributed by atoms with Crippen LogP contribution in [-0.4, -0.2) is 35.9 Å². The second-order valence-corrected chi connectivity index (χ2v) is 8.82. The predicted octanol–water partition coefficient (Wildman–Crippen LogP) is 5.15. The second-order valence-electron chi connectivity index (χ2n) is 8.41. The van der Waals surface area contributed by atoms with Crippen LogP contribution >= 0.6 is 11.6 Å². The van der Waals surface area contributed by atoms with Gasteiger partial charge in [0, 0.05) is 17.6 Å². The summed E-state index contributed by atoms with van der Waals surface area (Å²) in [5, 5.41) is 3.76. The summed E-state index contributed by atoms with van der Waals surface area (Å²) >= 11 is 6.31. The smallest absolute Gasteiger partial charge is 0.243 e. The van der Waals surface area contributed by atoms with Gasteiger partial charge in [0.25, 0.3) is 0 Å². The highest BCUT2D eigenvalue weighted by molar-refractivity contribution is 6.31. The molecule has 1 aliphatic rings. The van der Waals surface area contributed by atoms with E-state index < -0.39 is 6.04 Å². The Morgan fingerprint density at radius 1 is 1.12 bits per heavy atom. The quantitative estimate of drug-likeness (QED) is 0.567. The maximum absolute atomic E-state index is 13.5. The molecule has 0 radical (unpaired) electrons. The Morgan fingerprint density at radius 3 is 2.56 bits per heavy atom. The van der Waals surface area contributed by atoms with Gasteiger partial charge in [-0.2, -0.15) is 0 Å². The topological polar surface area (TPSA) is 58.6 Å². The summed E-state index contributed by atoms with van der Waals surface area (Å²) in [5.41, 5.74) is 1.68. The molecule has 0 saturated heterocycles. The summed E-state index contributed by atoms with van der Waals surface area (Å²) in [6.07, 6.45) is 6.20. The van der Waals surface area contributed by atoms with Crippen LogP contribution in [-0.2, 0) is 22.6 Å². The Kier molecular flexibility index (Phi) is 8.98. The van der Waals surface area contributed by atoms with Gasteiger partial charge in [0.15, 0.2) is 0 Å². The van der Waals surface area contributed by atoms with Crippen molar-refractivity contribution < 1.29 is 14.3 Å². The summed E-state index contributed by atoms with van der Waals surface area (Å²) in [6, 6.07) is 14.6. The van der Waals surface area contributed by atoms with Crippen LogP contribution in [0.2, 0.25) is 5.02 Å². The van der Waals surface area contributed by atoms with Gasteiger partial charge in [-0.25, -0.2) is 0 Å². The average Bonchev–Trinajstić information content (AvgIpc) is 2.81. The first-order valence-electron chi connectivity index (χ1n) is 11.5. The molecule has 2 aromatic rings. The first kappa shape index (κ1) is 24.1. The second kappa shape index (κ2) is 11.9. The van der Waals surface area contributed by atoms with E-state index in [-0.39, 0.29) is 24.3 Å². The largest absolute Gasteiger partial charge is 0.497 e. The van der Waals surface area contributed by atoms with Gasteiger partial charge in [-0.05, 0) is 48.6 Å². The summed E-state index contributed by atoms with van der Waals surface area (Å²) in [5.74, 6) is 0.530. The lowest BCUT2D eigenvalue weighted by atomic mass is 9.95. The van der Waals surface area contributed by atoms with Gasteiger partial charge in [0.2, 0.25) is 11.8 Å². The van der Waals surface area contributed by atoms with Crippen molar-refractivity contribution in [2.24, 2.45) is 0 Å². The number of carbonyl (C=O) groups excluding carboxylic acids is 2. The van der Waals surface area contributed by atoms with Crippen LogP contribution < -0.4 is 10.1 Å². The number of nitrogens with zero attached hydrogens (tertiary/aromatic N) is 1. The van der Waals surface area contributed by atoms with E-state index in [0.717, 1.165) is 42.6 Å². The maximum Gasteiger partial charge on any atom is 0.243 e. The monoisotopic (exact) mass is 456 g/mol. The first-order valence-corrected chi connectivity index (χ1v) is 11.9. The number of amides is 2. The number of halogens is 1. The minimum atomic E-state index is -0.543. The molecule has 0 bridgehead atoms. The number of nitrogens with one attached hydrogen (secondary N) is 1. The number of hydrogen-bond acceptors (Lipinski definition) is 3. The van der Waals surface area contributed by atoms with Crippen molar-refractivity contribution in [3.05, 3.63) is 64.7 Å². The van der Waals surface area contributed by atoms with Crippen LogP contribution in [0.1, 0.15) is 56.6 Å². The third kappa shape index (κ3) is 6.49. The van der Waals surface area contributed by atoms with E-state index in [2.05, 4.69) is 5.32 Å². The third-order valence-corrected chi connectivity index (χ3v) is 6.49. The molecule has 1 atom stereocenters. The molecule has 3 rings (SSSR count). The molecule has 5 nitrogen and oxygen atoms in total. The summed E-state index contributed by atoms with van der Waals surface area (Å²) in [4.78, 5) is 28.4. The minimum absolute atomic E-state index is 0.0743. The van der Waals surface area contributed by atoms with Crippen molar-refractivity contribution in [1.82, 2.24) is 10.2 Å². The fraction of sp³-hybridized carbons (Fsp3) is 0.462. The van der Waals surface area contributed by atoms with Gasteiger partial charge in [-0.3, -0.25) is 9.59 Å². The lowest BCUT2D eigenvalue weighted by molar-refractivity contribution is -0.141. The van der Waals surface area contributed by atoms with E-state index in [1.165, 1.54) is 6.42 Å². The van der Waals surface area contributed by atoms with E-state index in [9.17, 15) is 9.59 Å². The Balaban J connectivity index is 1.83. The molecule has 2 aromatic carbocycles. The Labute approximate surface area is 196 Å². The van der Waals surface area contributed by atoms with Crippen molar-refractivity contribution >= 4 is 23.4 Å². The van der Waals surface area contributed by atoms with Crippen LogP contribution in [0.5, 0.6) is 5.75 Å². The van der Waals surface area contributed by atoms with Crippen LogP contribution in [0.15, 0.2) is 48.5 Å². The fourth-order valence-electron chi connectivity index (χ4n) is 4.34. The van der Waals surface area contributed by atoms with Crippen molar-refractivity contribution in [2.75, 3.05) is 7.11 Å². The van der Waals surface area contributed by atoms with Crippen LogP contribution in [0.4, 0.5) is 0 Å². The van der Waals surface area contributed by atoms with Gasteiger partial charge in [-0.15, -0.1) is 0 Å². The third-order valence-electron chi connectivity index (χ3n) is 6.12. The number of methoxy groups -OCH3 is 1. The van der Waals surface area contributed by atoms with Gasteiger partial charge in [0.1, 0.15) is 11.8 Å².